The molecule has 6 heteroatoms. The topological polar surface area (TPSA) is 61.4 Å². The van der Waals surface area contributed by atoms with Crippen LogP contribution in [0.1, 0.15) is 24.0 Å². The first-order valence-electron chi connectivity index (χ1n) is 7.03. The van der Waals surface area contributed by atoms with Crippen LogP contribution in [0, 0.1) is 0 Å². The Bertz CT molecular complexity index is 558. The van der Waals surface area contributed by atoms with Crippen molar-refractivity contribution < 1.29 is 8.42 Å². The smallest absolute Gasteiger partial charge is 0.301 e. The van der Waals surface area contributed by atoms with Crippen molar-refractivity contribution in [1.82, 2.24) is 9.62 Å². The summed E-state index contributed by atoms with van der Waals surface area (Å²) in [5, 5.41) is 3.01. The molecule has 0 aliphatic heterocycles. The lowest BCUT2D eigenvalue weighted by Gasteiger charge is -2.18. The summed E-state index contributed by atoms with van der Waals surface area (Å²) in [4.78, 5) is 0. The van der Waals surface area contributed by atoms with Crippen molar-refractivity contribution in [2.24, 2.45) is 0 Å². The molecule has 0 unspecified atom stereocenters. The Morgan fingerprint density at radius 1 is 1.25 bits per heavy atom. The second-order valence-electron chi connectivity index (χ2n) is 5.22. The Labute approximate surface area is 121 Å². The van der Waals surface area contributed by atoms with Gasteiger partial charge in [-0.25, -0.2) is 0 Å². The molecule has 0 fully saturated rings. The third-order valence-electron chi connectivity index (χ3n) is 3.66. The summed E-state index contributed by atoms with van der Waals surface area (Å²) in [5.41, 5.74) is 3.27. The SMILES string of the molecule is CNCCCN(C)S(=O)(=O)Nc1ccc2c(c1)CCC2. The first-order chi connectivity index (χ1) is 9.53. The molecule has 20 heavy (non-hydrogen) atoms. The number of aryl methyl sites for hydroxylation is 2. The average Bonchev–Trinajstić information content (AvgIpc) is 2.85. The van der Waals surface area contributed by atoms with Crippen molar-refractivity contribution in [1.29, 1.82) is 0 Å². The van der Waals surface area contributed by atoms with Crippen LogP contribution in [0.3, 0.4) is 0 Å². The van der Waals surface area contributed by atoms with E-state index in [1.807, 2.05) is 25.2 Å². The van der Waals surface area contributed by atoms with Crippen LogP contribution in [0.2, 0.25) is 0 Å². The highest BCUT2D eigenvalue weighted by Crippen LogP contribution is 2.25. The van der Waals surface area contributed by atoms with Crippen LogP contribution in [-0.4, -0.2) is 39.9 Å². The highest BCUT2D eigenvalue weighted by Gasteiger charge is 2.18. The Balaban J connectivity index is 2.00. The zero-order valence-corrected chi connectivity index (χ0v) is 13.0. The van der Waals surface area contributed by atoms with Gasteiger partial charge in [0, 0.05) is 13.6 Å². The number of fused-ring (bicyclic) bond motifs is 1. The summed E-state index contributed by atoms with van der Waals surface area (Å²) >= 11 is 0. The van der Waals surface area contributed by atoms with Crippen molar-refractivity contribution in [3.8, 4) is 0 Å². The van der Waals surface area contributed by atoms with E-state index in [1.54, 1.807) is 7.05 Å². The molecule has 1 aliphatic rings. The Morgan fingerprint density at radius 2 is 2.00 bits per heavy atom. The first kappa shape index (κ1) is 15.3. The number of anilines is 1. The molecule has 1 aromatic carbocycles. The maximum atomic E-state index is 12.2. The monoisotopic (exact) mass is 297 g/mol. The van der Waals surface area contributed by atoms with Gasteiger partial charge in [-0.3, -0.25) is 4.72 Å². The number of hydrogen-bond donors (Lipinski definition) is 2. The van der Waals surface area contributed by atoms with Gasteiger partial charge >= 0.3 is 10.2 Å². The second-order valence-corrected chi connectivity index (χ2v) is 7.00. The molecule has 0 heterocycles. The normalized spacial score (nSPS) is 14.6. The molecular weight excluding hydrogens is 274 g/mol. The van der Waals surface area contributed by atoms with Gasteiger partial charge in [0.15, 0.2) is 0 Å². The molecule has 112 valence electrons. The summed E-state index contributed by atoms with van der Waals surface area (Å²) in [5.74, 6) is 0. The van der Waals surface area contributed by atoms with Gasteiger partial charge in [0.25, 0.3) is 0 Å². The van der Waals surface area contributed by atoms with E-state index in [1.165, 1.54) is 15.4 Å². The fourth-order valence-corrected chi connectivity index (χ4v) is 3.41. The van der Waals surface area contributed by atoms with Gasteiger partial charge in [0.1, 0.15) is 0 Å². The highest BCUT2D eigenvalue weighted by molar-refractivity contribution is 7.90. The minimum Gasteiger partial charge on any atom is -0.320 e. The van der Waals surface area contributed by atoms with Gasteiger partial charge in [0.2, 0.25) is 0 Å². The molecule has 0 spiro atoms. The van der Waals surface area contributed by atoms with E-state index in [0.717, 1.165) is 32.2 Å². The Morgan fingerprint density at radius 3 is 2.75 bits per heavy atom. The number of benzene rings is 1. The van der Waals surface area contributed by atoms with Crippen LogP contribution in [0.15, 0.2) is 18.2 Å². The summed E-state index contributed by atoms with van der Waals surface area (Å²) in [6.07, 6.45) is 4.10. The third kappa shape index (κ3) is 3.71. The maximum absolute atomic E-state index is 12.2. The lowest BCUT2D eigenvalue weighted by molar-refractivity contribution is 0.462. The lowest BCUT2D eigenvalue weighted by Crippen LogP contribution is -2.34. The van der Waals surface area contributed by atoms with Crippen LogP contribution in [0.25, 0.3) is 0 Å². The quantitative estimate of drug-likeness (QED) is 0.747. The standard InChI is InChI=1S/C14H23N3O2S/c1-15-9-4-10-17(2)20(18,19)16-14-8-7-12-5-3-6-13(12)11-14/h7-8,11,15-16H,3-6,9-10H2,1-2H3. The molecule has 2 N–H and O–H groups in total. The molecule has 0 bridgehead atoms. The Kier molecular flexibility index (Phi) is 5.01. The van der Waals surface area contributed by atoms with E-state index < -0.39 is 10.2 Å². The molecule has 1 aromatic rings. The van der Waals surface area contributed by atoms with Crippen LogP contribution in [-0.2, 0) is 23.1 Å². The second kappa shape index (κ2) is 6.56. The molecule has 2 rings (SSSR count). The Hall–Kier alpha value is -1.11. The van der Waals surface area contributed by atoms with E-state index >= 15 is 0 Å². The molecule has 0 radical (unpaired) electrons. The van der Waals surface area contributed by atoms with Crippen LogP contribution >= 0.6 is 0 Å². The fourth-order valence-electron chi connectivity index (χ4n) is 2.46. The van der Waals surface area contributed by atoms with E-state index in [9.17, 15) is 8.42 Å². The number of nitrogens with zero attached hydrogens (tertiary/aromatic N) is 1. The first-order valence-corrected chi connectivity index (χ1v) is 8.47. The van der Waals surface area contributed by atoms with E-state index in [2.05, 4.69) is 10.0 Å². The van der Waals surface area contributed by atoms with E-state index in [0.29, 0.717) is 12.2 Å². The van der Waals surface area contributed by atoms with Crippen LogP contribution in [0.4, 0.5) is 5.69 Å². The van der Waals surface area contributed by atoms with Crippen molar-refractivity contribution in [3.05, 3.63) is 29.3 Å². The van der Waals surface area contributed by atoms with E-state index in [-0.39, 0.29) is 0 Å². The van der Waals surface area contributed by atoms with Gasteiger partial charge in [0.05, 0.1) is 5.69 Å². The average molecular weight is 297 g/mol. The summed E-state index contributed by atoms with van der Waals surface area (Å²) in [6, 6.07) is 5.84. The zero-order chi connectivity index (χ0) is 14.6. The summed E-state index contributed by atoms with van der Waals surface area (Å²) in [7, 11) is 0.00530. The number of hydrogen-bond acceptors (Lipinski definition) is 3. The molecule has 5 nitrogen and oxygen atoms in total. The summed E-state index contributed by atoms with van der Waals surface area (Å²) < 4.78 is 28.4. The molecule has 1 aliphatic carbocycles. The minimum atomic E-state index is -3.46. The van der Waals surface area contributed by atoms with Crippen molar-refractivity contribution >= 4 is 15.9 Å². The fraction of sp³-hybridized carbons (Fsp3) is 0.571. The molecule has 0 aromatic heterocycles. The predicted molar refractivity (Wildman–Crippen MR) is 82.2 cm³/mol. The van der Waals surface area contributed by atoms with E-state index in [4.69, 9.17) is 0 Å². The zero-order valence-electron chi connectivity index (χ0n) is 12.1. The van der Waals surface area contributed by atoms with Crippen molar-refractivity contribution in [3.63, 3.8) is 0 Å². The predicted octanol–water partition coefficient (Wildman–Crippen LogP) is 1.37. The molecule has 0 amide bonds. The van der Waals surface area contributed by atoms with Gasteiger partial charge < -0.3 is 5.32 Å². The maximum Gasteiger partial charge on any atom is 0.301 e. The van der Waals surface area contributed by atoms with Gasteiger partial charge in [-0.1, -0.05) is 6.07 Å². The molecular formula is C14H23N3O2S. The van der Waals surface area contributed by atoms with Crippen LogP contribution < -0.4 is 10.0 Å². The molecule has 0 saturated heterocycles. The number of rotatable bonds is 7. The molecule has 0 saturated carbocycles. The summed E-state index contributed by atoms with van der Waals surface area (Å²) in [6.45, 7) is 1.31. The van der Waals surface area contributed by atoms with Crippen molar-refractivity contribution in [2.75, 3.05) is 31.9 Å². The van der Waals surface area contributed by atoms with Crippen molar-refractivity contribution in [2.45, 2.75) is 25.7 Å². The molecule has 0 atom stereocenters. The number of nitrogens with one attached hydrogen (secondary N) is 2. The van der Waals surface area contributed by atoms with Crippen LogP contribution in [0.5, 0.6) is 0 Å². The largest absolute Gasteiger partial charge is 0.320 e. The lowest BCUT2D eigenvalue weighted by atomic mass is 10.1. The minimum absolute atomic E-state index is 0.501. The van der Waals surface area contributed by atoms with Gasteiger partial charge in [-0.15, -0.1) is 0 Å². The van der Waals surface area contributed by atoms with Gasteiger partial charge in [-0.05, 0) is 62.5 Å². The highest BCUT2D eigenvalue weighted by atomic mass is 32.2. The van der Waals surface area contributed by atoms with Gasteiger partial charge in [-0.2, -0.15) is 12.7 Å². The third-order valence-corrected chi connectivity index (χ3v) is 5.15.